The molecule has 1 N–H and O–H groups in total. The third-order valence-electron chi connectivity index (χ3n) is 3.32. The van der Waals surface area contributed by atoms with Gasteiger partial charge in [0.25, 0.3) is 0 Å². The molecule has 3 rings (SSSR count). The van der Waals surface area contributed by atoms with Crippen LogP contribution in [0.25, 0.3) is 0 Å². The normalized spacial score (nSPS) is 15.2. The van der Waals surface area contributed by atoms with Crippen molar-refractivity contribution in [2.75, 3.05) is 30.4 Å². The molecule has 0 aromatic carbocycles. The Kier molecular flexibility index (Phi) is 4.18. The van der Waals surface area contributed by atoms with Crippen LogP contribution in [0.1, 0.15) is 19.3 Å². The molecule has 1 saturated heterocycles. The number of anilines is 2. The van der Waals surface area contributed by atoms with Crippen molar-refractivity contribution >= 4 is 23.7 Å². The summed E-state index contributed by atoms with van der Waals surface area (Å²) in [5, 5.41) is 12.3. The van der Waals surface area contributed by atoms with Crippen LogP contribution in [0.5, 0.6) is 0 Å². The minimum atomic E-state index is 0.579. The van der Waals surface area contributed by atoms with E-state index in [1.54, 1.807) is 6.33 Å². The van der Waals surface area contributed by atoms with Crippen molar-refractivity contribution in [2.24, 2.45) is 7.05 Å². The van der Waals surface area contributed by atoms with Crippen LogP contribution in [0.4, 0.5) is 11.9 Å². The first-order chi connectivity index (χ1) is 10.3. The van der Waals surface area contributed by atoms with E-state index in [-0.39, 0.29) is 0 Å². The van der Waals surface area contributed by atoms with Crippen molar-refractivity contribution < 1.29 is 0 Å². The van der Waals surface area contributed by atoms with E-state index in [1.807, 2.05) is 18.7 Å². The number of nitrogens with zero attached hydrogens (tertiary/aromatic N) is 7. The summed E-state index contributed by atoms with van der Waals surface area (Å²) in [6.07, 6.45) is 5.31. The van der Waals surface area contributed by atoms with Gasteiger partial charge in [-0.05, 0) is 31.0 Å². The highest BCUT2D eigenvalue weighted by atomic mass is 32.2. The minimum Gasteiger partial charge on any atom is -0.357 e. The van der Waals surface area contributed by atoms with Crippen molar-refractivity contribution in [3.63, 3.8) is 0 Å². The Balaban J connectivity index is 1.87. The monoisotopic (exact) mass is 306 g/mol. The minimum absolute atomic E-state index is 0.579. The molecule has 112 valence electrons. The summed E-state index contributed by atoms with van der Waals surface area (Å²) < 4.78 is 1.84. The number of aryl methyl sites for hydroxylation is 1. The van der Waals surface area contributed by atoms with Crippen LogP contribution in [-0.2, 0) is 7.05 Å². The molecular formula is C12H18N8S. The smallest absolute Gasteiger partial charge is 0.231 e. The van der Waals surface area contributed by atoms with Gasteiger partial charge in [-0.3, -0.25) is 0 Å². The molecule has 0 spiro atoms. The maximum absolute atomic E-state index is 4.57. The van der Waals surface area contributed by atoms with E-state index in [1.165, 1.54) is 31.0 Å². The lowest BCUT2D eigenvalue weighted by Crippen LogP contribution is -2.31. The molecule has 1 aliphatic heterocycles. The Morgan fingerprint density at radius 3 is 2.62 bits per heavy atom. The Morgan fingerprint density at radius 2 is 1.95 bits per heavy atom. The van der Waals surface area contributed by atoms with Gasteiger partial charge in [-0.25, -0.2) is 0 Å². The van der Waals surface area contributed by atoms with Crippen LogP contribution in [0.3, 0.4) is 0 Å². The van der Waals surface area contributed by atoms with Crippen molar-refractivity contribution in [1.82, 2.24) is 29.7 Å². The second-order valence-corrected chi connectivity index (χ2v) is 5.80. The zero-order chi connectivity index (χ0) is 14.7. The molecule has 21 heavy (non-hydrogen) atoms. The Hall–Kier alpha value is -1.90. The van der Waals surface area contributed by atoms with E-state index in [9.17, 15) is 0 Å². The molecule has 0 radical (unpaired) electrons. The van der Waals surface area contributed by atoms with Gasteiger partial charge in [-0.2, -0.15) is 15.0 Å². The predicted molar refractivity (Wildman–Crippen MR) is 80.6 cm³/mol. The molecule has 0 saturated carbocycles. The molecule has 8 nitrogen and oxygen atoms in total. The second-order valence-electron chi connectivity index (χ2n) is 4.87. The summed E-state index contributed by atoms with van der Waals surface area (Å²) in [5.74, 6) is 1.31. The third-order valence-corrected chi connectivity index (χ3v) is 4.24. The highest BCUT2D eigenvalue weighted by Gasteiger charge is 2.17. The van der Waals surface area contributed by atoms with Crippen LogP contribution in [0, 0.1) is 0 Å². The van der Waals surface area contributed by atoms with Crippen molar-refractivity contribution in [3.8, 4) is 0 Å². The highest BCUT2D eigenvalue weighted by molar-refractivity contribution is 7.99. The quantitative estimate of drug-likeness (QED) is 0.901. The largest absolute Gasteiger partial charge is 0.357 e. The van der Waals surface area contributed by atoms with Gasteiger partial charge in [0, 0.05) is 27.2 Å². The molecule has 0 aliphatic carbocycles. The molecule has 1 aliphatic rings. The maximum atomic E-state index is 4.57. The van der Waals surface area contributed by atoms with E-state index >= 15 is 0 Å². The van der Waals surface area contributed by atoms with Crippen molar-refractivity contribution in [3.05, 3.63) is 6.33 Å². The molecule has 0 amide bonds. The topological polar surface area (TPSA) is 84.7 Å². The first-order valence-corrected chi connectivity index (χ1v) is 7.78. The lowest BCUT2D eigenvalue weighted by Gasteiger charge is -2.26. The summed E-state index contributed by atoms with van der Waals surface area (Å²) in [6.45, 7) is 2.00. The zero-order valence-corrected chi connectivity index (χ0v) is 13.0. The number of hydrogen-bond acceptors (Lipinski definition) is 8. The molecule has 1 fully saturated rings. The zero-order valence-electron chi connectivity index (χ0n) is 12.2. The fourth-order valence-corrected chi connectivity index (χ4v) is 2.89. The van der Waals surface area contributed by atoms with Crippen molar-refractivity contribution in [2.45, 2.75) is 29.6 Å². The van der Waals surface area contributed by atoms with Gasteiger partial charge in [0.15, 0.2) is 5.16 Å². The lowest BCUT2D eigenvalue weighted by atomic mass is 10.1. The van der Waals surface area contributed by atoms with Gasteiger partial charge in [0.05, 0.1) is 0 Å². The summed E-state index contributed by atoms with van der Waals surface area (Å²) in [4.78, 5) is 15.6. The molecule has 2 aromatic heterocycles. The fourth-order valence-electron chi connectivity index (χ4n) is 2.19. The molecule has 9 heteroatoms. The average Bonchev–Trinajstić information content (AvgIpc) is 2.93. The van der Waals surface area contributed by atoms with Crippen LogP contribution in [0.2, 0.25) is 0 Å². The van der Waals surface area contributed by atoms with Gasteiger partial charge in [0.1, 0.15) is 6.33 Å². The van der Waals surface area contributed by atoms with Crippen LogP contribution >= 0.6 is 11.8 Å². The van der Waals surface area contributed by atoms with E-state index in [0.717, 1.165) is 24.2 Å². The summed E-state index contributed by atoms with van der Waals surface area (Å²) in [7, 11) is 3.71. The lowest BCUT2D eigenvalue weighted by molar-refractivity contribution is 0.565. The maximum Gasteiger partial charge on any atom is 0.231 e. The third kappa shape index (κ3) is 3.23. The van der Waals surface area contributed by atoms with E-state index in [0.29, 0.717) is 11.1 Å². The van der Waals surface area contributed by atoms with E-state index in [4.69, 9.17) is 0 Å². The van der Waals surface area contributed by atoms with Gasteiger partial charge in [-0.15, -0.1) is 10.2 Å². The fraction of sp³-hybridized carbons (Fsp3) is 0.583. The van der Waals surface area contributed by atoms with Gasteiger partial charge < -0.3 is 14.8 Å². The summed E-state index contributed by atoms with van der Waals surface area (Å²) in [6, 6.07) is 0. The van der Waals surface area contributed by atoms with E-state index in [2.05, 4.69) is 35.4 Å². The number of rotatable bonds is 4. The predicted octanol–water partition coefficient (Wildman–Crippen LogP) is 1.18. The Bertz CT molecular complexity index is 607. The van der Waals surface area contributed by atoms with Crippen LogP contribution < -0.4 is 10.2 Å². The van der Waals surface area contributed by atoms with Gasteiger partial charge in [-0.1, -0.05) is 0 Å². The first kappa shape index (κ1) is 14.1. The Labute approximate surface area is 127 Å². The Morgan fingerprint density at radius 1 is 1.14 bits per heavy atom. The van der Waals surface area contributed by atoms with E-state index < -0.39 is 0 Å². The molecule has 0 unspecified atom stereocenters. The second kappa shape index (κ2) is 6.25. The summed E-state index contributed by atoms with van der Waals surface area (Å²) in [5.41, 5.74) is 0. The number of aromatic nitrogens is 6. The molecule has 2 aromatic rings. The number of piperidine rings is 1. The highest BCUT2D eigenvalue weighted by Crippen LogP contribution is 2.25. The van der Waals surface area contributed by atoms with Gasteiger partial charge >= 0.3 is 0 Å². The summed E-state index contributed by atoms with van der Waals surface area (Å²) >= 11 is 1.39. The average molecular weight is 306 g/mol. The van der Waals surface area contributed by atoms with Gasteiger partial charge in [0.2, 0.25) is 17.1 Å². The number of hydrogen-bond donors (Lipinski definition) is 1. The molecule has 0 bridgehead atoms. The molecule has 0 atom stereocenters. The van der Waals surface area contributed by atoms with Crippen molar-refractivity contribution in [1.29, 1.82) is 0 Å². The SMILES string of the molecule is CNc1nc(Sc2nncn2C)nc(N2CCCCC2)n1. The molecule has 3 heterocycles. The van der Waals surface area contributed by atoms with Crippen LogP contribution in [-0.4, -0.2) is 49.9 Å². The number of nitrogens with one attached hydrogen (secondary N) is 1. The molecular weight excluding hydrogens is 288 g/mol. The first-order valence-electron chi connectivity index (χ1n) is 6.97. The van der Waals surface area contributed by atoms with Crippen LogP contribution in [0.15, 0.2) is 16.6 Å². The standard InChI is InChI=1S/C12H18N8S/c1-13-9-15-10(20-6-4-3-5-7-20)17-11(16-9)21-12-18-14-8-19(12)2/h8H,3-7H2,1-2H3,(H,13,15,16,17).